The largest absolute Gasteiger partial charge is 0.325 e. The van der Waals surface area contributed by atoms with Crippen molar-refractivity contribution in [3.05, 3.63) is 95.0 Å². The molecule has 164 valence electrons. The summed E-state index contributed by atoms with van der Waals surface area (Å²) in [5, 5.41) is 3.82. The van der Waals surface area contributed by atoms with Gasteiger partial charge in [-0.15, -0.1) is 0 Å². The van der Waals surface area contributed by atoms with Gasteiger partial charge in [-0.2, -0.15) is 0 Å². The summed E-state index contributed by atoms with van der Waals surface area (Å²) < 4.78 is 0. The summed E-state index contributed by atoms with van der Waals surface area (Å²) in [5.41, 5.74) is 3.21. The number of halogens is 1. The number of amidine groups is 2. The Bertz CT molecular complexity index is 1290. The van der Waals surface area contributed by atoms with Gasteiger partial charge in [0.1, 0.15) is 11.9 Å². The van der Waals surface area contributed by atoms with Crippen LogP contribution in [0.3, 0.4) is 0 Å². The summed E-state index contributed by atoms with van der Waals surface area (Å²) in [4.78, 5) is 36.9. The Balaban J connectivity index is 1.37. The summed E-state index contributed by atoms with van der Waals surface area (Å²) >= 11 is 7.20. The van der Waals surface area contributed by atoms with Crippen LogP contribution >= 0.6 is 23.4 Å². The monoisotopic (exact) mass is 474 g/mol. The quantitative estimate of drug-likeness (QED) is 0.570. The highest BCUT2D eigenvalue weighted by molar-refractivity contribution is 8.14. The average molecular weight is 475 g/mol. The van der Waals surface area contributed by atoms with Gasteiger partial charge in [-0.3, -0.25) is 14.6 Å². The fraction of sp³-hybridized carbons (Fsp3) is 0.120. The number of thioether (sulfide) groups is 1. The van der Waals surface area contributed by atoms with Gasteiger partial charge in [0.25, 0.3) is 5.91 Å². The smallest absolute Gasteiger partial charge is 0.259 e. The van der Waals surface area contributed by atoms with Crippen molar-refractivity contribution in [3.63, 3.8) is 0 Å². The van der Waals surface area contributed by atoms with Crippen molar-refractivity contribution in [1.82, 2.24) is 4.90 Å². The molecule has 2 heterocycles. The number of hydrogen-bond donors (Lipinski definition) is 1. The van der Waals surface area contributed by atoms with Crippen LogP contribution in [0.2, 0.25) is 5.02 Å². The first-order valence-corrected chi connectivity index (χ1v) is 11.8. The summed E-state index contributed by atoms with van der Waals surface area (Å²) in [6.45, 7) is 0. The first-order valence-electron chi connectivity index (χ1n) is 10.4. The molecule has 6 nitrogen and oxygen atoms in total. The van der Waals surface area contributed by atoms with Gasteiger partial charge in [0.2, 0.25) is 5.91 Å². The summed E-state index contributed by atoms with van der Waals surface area (Å²) in [6.07, 6.45) is 0.509. The molecule has 5 rings (SSSR count). The van der Waals surface area contributed by atoms with E-state index in [0.717, 1.165) is 16.8 Å². The van der Waals surface area contributed by atoms with E-state index in [1.165, 1.54) is 11.8 Å². The molecule has 0 aliphatic carbocycles. The molecular formula is C25H19ClN4O2S. The minimum Gasteiger partial charge on any atom is -0.325 e. The van der Waals surface area contributed by atoms with Crippen molar-refractivity contribution in [2.75, 3.05) is 11.1 Å². The Morgan fingerprint density at radius 1 is 1.03 bits per heavy atom. The van der Waals surface area contributed by atoms with Crippen LogP contribution < -0.4 is 5.32 Å². The van der Waals surface area contributed by atoms with Gasteiger partial charge < -0.3 is 5.32 Å². The van der Waals surface area contributed by atoms with Gasteiger partial charge in [-0.25, -0.2) is 9.89 Å². The highest BCUT2D eigenvalue weighted by Crippen LogP contribution is 2.34. The topological polar surface area (TPSA) is 74.1 Å². The number of hydrogen-bond acceptors (Lipinski definition) is 5. The molecule has 3 aromatic carbocycles. The standard InChI is InChI=1S/C25H19ClN4O2S/c26-17-9-6-10-18(14-17)27-22(31)15-33-25-29-20-12-5-4-11-19(20)23-28-21(24(32)30(23)25)13-16-7-2-1-3-8-16/h1-12,14,21H,13,15H2,(H,27,31). The molecule has 0 saturated heterocycles. The first-order chi connectivity index (χ1) is 16.1. The van der Waals surface area contributed by atoms with Crippen molar-refractivity contribution in [1.29, 1.82) is 0 Å². The number of rotatable bonds is 5. The lowest BCUT2D eigenvalue weighted by atomic mass is 10.1. The van der Waals surface area contributed by atoms with Crippen LogP contribution in [0.25, 0.3) is 0 Å². The van der Waals surface area contributed by atoms with E-state index >= 15 is 0 Å². The summed E-state index contributed by atoms with van der Waals surface area (Å²) in [5.74, 6) is 0.331. The van der Waals surface area contributed by atoms with Crippen LogP contribution in [0.5, 0.6) is 0 Å². The molecule has 8 heteroatoms. The molecule has 1 unspecified atom stereocenters. The number of para-hydroxylation sites is 1. The van der Waals surface area contributed by atoms with Crippen LogP contribution in [-0.2, 0) is 16.0 Å². The van der Waals surface area contributed by atoms with Gasteiger partial charge in [0.15, 0.2) is 5.17 Å². The van der Waals surface area contributed by atoms with Crippen LogP contribution in [0.15, 0.2) is 88.8 Å². The van der Waals surface area contributed by atoms with E-state index in [2.05, 4.69) is 10.3 Å². The number of carbonyl (C=O) groups is 2. The second-order valence-corrected chi connectivity index (χ2v) is 8.97. The Morgan fingerprint density at radius 2 is 1.82 bits per heavy atom. The number of benzene rings is 3. The molecule has 0 fully saturated rings. The third-order valence-corrected chi connectivity index (χ3v) is 6.43. The molecular weight excluding hydrogens is 456 g/mol. The van der Waals surface area contributed by atoms with Crippen molar-refractivity contribution in [3.8, 4) is 0 Å². The van der Waals surface area contributed by atoms with Crippen LogP contribution in [0.4, 0.5) is 11.4 Å². The second-order valence-electron chi connectivity index (χ2n) is 7.59. The zero-order valence-corrected chi connectivity index (χ0v) is 19.0. The van der Waals surface area contributed by atoms with E-state index in [1.807, 2.05) is 54.6 Å². The highest BCUT2D eigenvalue weighted by atomic mass is 35.5. The number of fused-ring (bicyclic) bond motifs is 3. The van der Waals surface area contributed by atoms with Crippen molar-refractivity contribution in [2.45, 2.75) is 12.5 Å². The number of carbonyl (C=O) groups excluding carboxylic acids is 2. The Kier molecular flexibility index (Phi) is 5.98. The van der Waals surface area contributed by atoms with Gasteiger partial charge in [0, 0.05) is 22.7 Å². The van der Waals surface area contributed by atoms with E-state index in [4.69, 9.17) is 16.6 Å². The van der Waals surface area contributed by atoms with Crippen LogP contribution in [-0.4, -0.2) is 39.5 Å². The summed E-state index contributed by atoms with van der Waals surface area (Å²) in [7, 11) is 0. The second kappa shape index (κ2) is 9.21. The van der Waals surface area contributed by atoms with Gasteiger partial charge in [-0.1, -0.05) is 71.9 Å². The molecule has 0 bridgehead atoms. The van der Waals surface area contributed by atoms with E-state index < -0.39 is 6.04 Å². The molecule has 33 heavy (non-hydrogen) atoms. The SMILES string of the molecule is O=C(CSC1=Nc2ccccc2C2=NC(Cc3ccccc3)C(=O)N12)Nc1cccc(Cl)c1. The first kappa shape index (κ1) is 21.4. The Labute approximate surface area is 200 Å². The predicted octanol–water partition coefficient (Wildman–Crippen LogP) is 4.91. The molecule has 0 spiro atoms. The van der Waals surface area contributed by atoms with Gasteiger partial charge in [-0.05, 0) is 35.9 Å². The third-order valence-electron chi connectivity index (χ3n) is 5.26. The average Bonchev–Trinajstić information content (AvgIpc) is 3.14. The number of nitrogens with zero attached hydrogens (tertiary/aromatic N) is 3. The fourth-order valence-corrected chi connectivity index (χ4v) is 4.75. The Morgan fingerprint density at radius 3 is 2.64 bits per heavy atom. The maximum absolute atomic E-state index is 13.3. The van der Waals surface area contributed by atoms with Crippen molar-refractivity contribution >= 4 is 57.6 Å². The highest BCUT2D eigenvalue weighted by Gasteiger charge is 2.41. The lowest BCUT2D eigenvalue weighted by Crippen LogP contribution is -2.41. The van der Waals surface area contributed by atoms with E-state index in [9.17, 15) is 9.59 Å². The number of anilines is 1. The maximum Gasteiger partial charge on any atom is 0.259 e. The summed E-state index contributed by atoms with van der Waals surface area (Å²) in [6, 6.07) is 23.9. The lowest BCUT2D eigenvalue weighted by molar-refractivity contribution is -0.124. The predicted molar refractivity (Wildman–Crippen MR) is 133 cm³/mol. The molecule has 0 radical (unpaired) electrons. The van der Waals surface area contributed by atoms with Crippen LogP contribution in [0, 0.1) is 0 Å². The number of nitrogens with one attached hydrogen (secondary N) is 1. The van der Waals surface area contributed by atoms with Gasteiger partial charge >= 0.3 is 0 Å². The molecule has 0 saturated carbocycles. The minimum atomic E-state index is -0.528. The lowest BCUT2D eigenvalue weighted by Gasteiger charge is -2.25. The van der Waals surface area contributed by atoms with E-state index in [-0.39, 0.29) is 17.6 Å². The number of aliphatic imine (C=N–C) groups is 2. The normalized spacial score (nSPS) is 16.6. The van der Waals surface area contributed by atoms with Crippen molar-refractivity contribution in [2.24, 2.45) is 9.98 Å². The molecule has 2 amide bonds. The molecule has 1 N–H and O–H groups in total. The number of amides is 2. The molecule has 0 aromatic heterocycles. The van der Waals surface area contributed by atoms with Crippen LogP contribution in [0.1, 0.15) is 11.1 Å². The van der Waals surface area contributed by atoms with Gasteiger partial charge in [0.05, 0.1) is 11.4 Å². The van der Waals surface area contributed by atoms with E-state index in [0.29, 0.717) is 28.1 Å². The van der Waals surface area contributed by atoms with Crippen molar-refractivity contribution < 1.29 is 9.59 Å². The molecule has 2 aliphatic heterocycles. The zero-order valence-electron chi connectivity index (χ0n) is 17.4. The zero-order chi connectivity index (χ0) is 22.8. The molecule has 1 atom stereocenters. The Hall–Kier alpha value is -3.42. The maximum atomic E-state index is 13.3. The fourth-order valence-electron chi connectivity index (χ4n) is 3.76. The van der Waals surface area contributed by atoms with E-state index in [1.54, 1.807) is 29.2 Å². The minimum absolute atomic E-state index is 0.0912. The molecule has 2 aliphatic rings. The third kappa shape index (κ3) is 4.55. The molecule has 3 aromatic rings.